The summed E-state index contributed by atoms with van der Waals surface area (Å²) in [6.07, 6.45) is 2.13. The van der Waals surface area contributed by atoms with E-state index in [1.165, 1.54) is 9.75 Å². The zero-order chi connectivity index (χ0) is 13.4. The third kappa shape index (κ3) is 7.77. The summed E-state index contributed by atoms with van der Waals surface area (Å²) >= 11 is 1.87. The number of nitrogens with zero attached hydrogens (tertiary/aromatic N) is 1. The third-order valence-electron chi connectivity index (χ3n) is 2.52. The molecule has 2 N–H and O–H groups in total. The lowest BCUT2D eigenvalue weighted by Gasteiger charge is -2.17. The molecule has 0 aliphatic carbocycles. The van der Waals surface area contributed by atoms with Gasteiger partial charge in [0.05, 0.1) is 0 Å². The van der Waals surface area contributed by atoms with Gasteiger partial charge >= 0.3 is 0 Å². The van der Waals surface area contributed by atoms with Crippen molar-refractivity contribution in [1.29, 1.82) is 0 Å². The first-order valence-electron chi connectivity index (χ1n) is 6.75. The van der Waals surface area contributed by atoms with Crippen LogP contribution in [0.3, 0.4) is 0 Å². The fourth-order valence-electron chi connectivity index (χ4n) is 1.72. The molecular weight excluding hydrogens is 369 g/mol. The maximum absolute atomic E-state index is 4.52. The van der Waals surface area contributed by atoms with Crippen LogP contribution < -0.4 is 10.6 Å². The van der Waals surface area contributed by atoms with E-state index in [0.29, 0.717) is 6.04 Å². The zero-order valence-electron chi connectivity index (χ0n) is 12.3. The van der Waals surface area contributed by atoms with Gasteiger partial charge in [0, 0.05) is 35.3 Å². The molecule has 0 aromatic carbocycles. The molecule has 1 unspecified atom stereocenters. The van der Waals surface area contributed by atoms with Crippen LogP contribution in [-0.2, 0) is 6.42 Å². The van der Waals surface area contributed by atoms with Gasteiger partial charge in [-0.1, -0.05) is 6.92 Å². The van der Waals surface area contributed by atoms with Gasteiger partial charge in [0.2, 0.25) is 0 Å². The Morgan fingerprint density at radius 1 is 1.37 bits per heavy atom. The van der Waals surface area contributed by atoms with Crippen LogP contribution in [0.5, 0.6) is 0 Å². The smallest absolute Gasteiger partial charge is 0.191 e. The lowest BCUT2D eigenvalue weighted by atomic mass is 10.2. The molecule has 0 amide bonds. The van der Waals surface area contributed by atoms with E-state index in [0.717, 1.165) is 31.9 Å². The second kappa shape index (κ2) is 10.5. The highest BCUT2D eigenvalue weighted by Gasteiger charge is 2.07. The second-order valence-electron chi connectivity index (χ2n) is 4.52. The van der Waals surface area contributed by atoms with Gasteiger partial charge in [0.15, 0.2) is 5.96 Å². The molecule has 5 heteroatoms. The van der Waals surface area contributed by atoms with Crippen LogP contribution in [0.15, 0.2) is 17.1 Å². The molecule has 19 heavy (non-hydrogen) atoms. The molecule has 0 aliphatic heterocycles. The Labute approximate surface area is 138 Å². The normalized spacial score (nSPS) is 12.7. The Morgan fingerprint density at radius 3 is 2.63 bits per heavy atom. The monoisotopic (exact) mass is 395 g/mol. The van der Waals surface area contributed by atoms with E-state index in [1.807, 2.05) is 11.3 Å². The number of guanidine groups is 1. The average molecular weight is 395 g/mol. The number of hydrogen-bond acceptors (Lipinski definition) is 2. The molecule has 1 atom stereocenters. The van der Waals surface area contributed by atoms with Gasteiger partial charge in [-0.3, -0.25) is 4.99 Å². The van der Waals surface area contributed by atoms with E-state index in [-0.39, 0.29) is 24.0 Å². The average Bonchev–Trinajstić information content (AvgIpc) is 2.71. The number of aliphatic imine (C=N–C) groups is 1. The first-order chi connectivity index (χ1) is 8.65. The van der Waals surface area contributed by atoms with Gasteiger partial charge in [0.25, 0.3) is 0 Å². The van der Waals surface area contributed by atoms with Crippen molar-refractivity contribution in [2.75, 3.05) is 13.1 Å². The number of hydrogen-bond donors (Lipinski definition) is 2. The molecule has 0 spiro atoms. The molecule has 0 saturated carbocycles. The minimum absolute atomic E-state index is 0. The summed E-state index contributed by atoms with van der Waals surface area (Å²) in [5.41, 5.74) is 0. The lowest BCUT2D eigenvalue weighted by Crippen LogP contribution is -2.43. The van der Waals surface area contributed by atoms with E-state index in [4.69, 9.17) is 0 Å². The Balaban J connectivity index is 0.00000324. The van der Waals surface area contributed by atoms with Crippen molar-refractivity contribution in [3.63, 3.8) is 0 Å². The molecule has 1 heterocycles. The molecule has 0 saturated heterocycles. The quantitative estimate of drug-likeness (QED) is 0.439. The number of thiophene rings is 1. The van der Waals surface area contributed by atoms with Crippen molar-refractivity contribution in [3.05, 3.63) is 21.9 Å². The summed E-state index contributed by atoms with van der Waals surface area (Å²) in [5, 5.41) is 6.74. The van der Waals surface area contributed by atoms with E-state index in [2.05, 4.69) is 55.5 Å². The Bertz CT molecular complexity index is 377. The van der Waals surface area contributed by atoms with E-state index < -0.39 is 0 Å². The zero-order valence-corrected chi connectivity index (χ0v) is 15.5. The first-order valence-corrected chi connectivity index (χ1v) is 7.57. The SMILES string of the molecule is CCCN=C(NCC)NC(C)Cc1ccc(C)s1.I. The Hall–Kier alpha value is -0.300. The number of nitrogens with one attached hydrogen (secondary N) is 2. The van der Waals surface area contributed by atoms with Crippen LogP contribution in [0.2, 0.25) is 0 Å². The predicted octanol–water partition coefficient (Wildman–Crippen LogP) is 3.57. The molecule has 0 bridgehead atoms. The summed E-state index contributed by atoms with van der Waals surface area (Å²) in [6, 6.07) is 4.80. The minimum atomic E-state index is 0. The van der Waals surface area contributed by atoms with Crippen molar-refractivity contribution >= 4 is 41.3 Å². The van der Waals surface area contributed by atoms with Crippen LogP contribution in [-0.4, -0.2) is 25.1 Å². The molecule has 3 nitrogen and oxygen atoms in total. The summed E-state index contributed by atoms with van der Waals surface area (Å²) in [7, 11) is 0. The van der Waals surface area contributed by atoms with Crippen LogP contribution in [0.4, 0.5) is 0 Å². The summed E-state index contributed by atoms with van der Waals surface area (Å²) < 4.78 is 0. The van der Waals surface area contributed by atoms with Gasteiger partial charge in [-0.25, -0.2) is 0 Å². The van der Waals surface area contributed by atoms with Crippen LogP contribution in [0, 0.1) is 6.92 Å². The highest BCUT2D eigenvalue weighted by molar-refractivity contribution is 14.0. The maximum atomic E-state index is 4.52. The molecule has 0 radical (unpaired) electrons. The fraction of sp³-hybridized carbons (Fsp3) is 0.643. The van der Waals surface area contributed by atoms with Crippen molar-refractivity contribution < 1.29 is 0 Å². The number of aryl methyl sites for hydroxylation is 1. The Morgan fingerprint density at radius 2 is 2.11 bits per heavy atom. The highest BCUT2D eigenvalue weighted by atomic mass is 127. The molecule has 1 aromatic rings. The van der Waals surface area contributed by atoms with Gasteiger partial charge in [-0.05, 0) is 39.3 Å². The minimum Gasteiger partial charge on any atom is -0.357 e. The van der Waals surface area contributed by atoms with E-state index >= 15 is 0 Å². The maximum Gasteiger partial charge on any atom is 0.191 e. The number of halogens is 1. The molecule has 1 aromatic heterocycles. The van der Waals surface area contributed by atoms with Crippen LogP contribution >= 0.6 is 35.3 Å². The van der Waals surface area contributed by atoms with Gasteiger partial charge in [-0.15, -0.1) is 35.3 Å². The van der Waals surface area contributed by atoms with Crippen molar-refractivity contribution in [1.82, 2.24) is 10.6 Å². The molecule has 1 rings (SSSR count). The highest BCUT2D eigenvalue weighted by Crippen LogP contribution is 2.16. The molecule has 0 fully saturated rings. The van der Waals surface area contributed by atoms with Crippen molar-refractivity contribution in [3.8, 4) is 0 Å². The largest absolute Gasteiger partial charge is 0.357 e. The number of rotatable bonds is 6. The predicted molar refractivity (Wildman–Crippen MR) is 97.0 cm³/mol. The first kappa shape index (κ1) is 18.7. The standard InChI is InChI=1S/C14H25N3S.HI/c1-5-9-16-14(15-6-2)17-11(3)10-13-8-7-12(4)18-13;/h7-8,11H,5-6,9-10H2,1-4H3,(H2,15,16,17);1H. The Kier molecular flexibility index (Phi) is 10.3. The van der Waals surface area contributed by atoms with Crippen LogP contribution in [0.25, 0.3) is 0 Å². The van der Waals surface area contributed by atoms with Gasteiger partial charge in [0.1, 0.15) is 0 Å². The topological polar surface area (TPSA) is 36.4 Å². The van der Waals surface area contributed by atoms with E-state index in [1.54, 1.807) is 0 Å². The molecular formula is C14H26IN3S. The van der Waals surface area contributed by atoms with Crippen molar-refractivity contribution in [2.45, 2.75) is 46.6 Å². The van der Waals surface area contributed by atoms with Crippen molar-refractivity contribution in [2.24, 2.45) is 4.99 Å². The third-order valence-corrected chi connectivity index (χ3v) is 3.55. The molecule has 110 valence electrons. The summed E-state index contributed by atoms with van der Waals surface area (Å²) in [4.78, 5) is 7.32. The lowest BCUT2D eigenvalue weighted by molar-refractivity contribution is 0.645. The second-order valence-corrected chi connectivity index (χ2v) is 5.89. The summed E-state index contributed by atoms with van der Waals surface area (Å²) in [5.74, 6) is 0.931. The van der Waals surface area contributed by atoms with Gasteiger partial charge < -0.3 is 10.6 Å². The van der Waals surface area contributed by atoms with Crippen LogP contribution in [0.1, 0.15) is 36.9 Å². The fourth-order valence-corrected chi connectivity index (χ4v) is 2.74. The van der Waals surface area contributed by atoms with E-state index in [9.17, 15) is 0 Å². The van der Waals surface area contributed by atoms with Gasteiger partial charge in [-0.2, -0.15) is 0 Å². The molecule has 0 aliphatic rings. The summed E-state index contributed by atoms with van der Waals surface area (Å²) in [6.45, 7) is 10.4.